The first-order chi connectivity index (χ1) is 6.46. The van der Waals surface area contributed by atoms with Crippen LogP contribution >= 0.6 is 0 Å². The quantitative estimate of drug-likeness (QED) is 0.705. The van der Waals surface area contributed by atoms with Crippen molar-refractivity contribution >= 4 is 0 Å². The molecule has 0 aromatic rings. The van der Waals surface area contributed by atoms with Crippen LogP contribution in [0.2, 0.25) is 0 Å². The predicted molar refractivity (Wildman–Crippen MR) is 59.8 cm³/mol. The van der Waals surface area contributed by atoms with Crippen LogP contribution in [0.4, 0.5) is 0 Å². The molecule has 0 amide bonds. The molecule has 0 aliphatic carbocycles. The topological polar surface area (TPSA) is 53.0 Å². The third kappa shape index (κ3) is 4.59. The fraction of sp³-hybridized carbons (Fsp3) is 0.909. The van der Waals surface area contributed by atoms with Crippen molar-refractivity contribution in [2.24, 2.45) is 5.73 Å². The number of nitrogens with zero attached hydrogens (tertiary/aromatic N) is 2. The number of hydrogen-bond donors (Lipinski definition) is 1. The molecule has 0 heterocycles. The Kier molecular flexibility index (Phi) is 5.75. The standard InChI is InChI=1S/C11H23N3/c1-5-10(6-2)14(4)8-7-11(3,13)9-12/h10H,5-8,13H2,1-4H3. The maximum atomic E-state index is 8.77. The van der Waals surface area contributed by atoms with Gasteiger partial charge in [-0.3, -0.25) is 0 Å². The Labute approximate surface area is 87.9 Å². The van der Waals surface area contributed by atoms with E-state index in [0.29, 0.717) is 6.04 Å². The zero-order valence-electron chi connectivity index (χ0n) is 9.88. The smallest absolute Gasteiger partial charge is 0.102 e. The molecule has 82 valence electrons. The van der Waals surface area contributed by atoms with Gasteiger partial charge in [0.25, 0.3) is 0 Å². The molecule has 0 aromatic carbocycles. The van der Waals surface area contributed by atoms with Crippen molar-refractivity contribution in [3.63, 3.8) is 0 Å². The summed E-state index contributed by atoms with van der Waals surface area (Å²) >= 11 is 0. The second-order valence-corrected chi connectivity index (χ2v) is 4.23. The van der Waals surface area contributed by atoms with Crippen LogP contribution in [0, 0.1) is 11.3 Å². The molecule has 0 saturated heterocycles. The minimum absolute atomic E-state index is 0.615. The normalized spacial score (nSPS) is 15.6. The first-order valence-electron chi connectivity index (χ1n) is 5.37. The lowest BCUT2D eigenvalue weighted by atomic mass is 10.0. The van der Waals surface area contributed by atoms with E-state index in [4.69, 9.17) is 11.0 Å². The summed E-state index contributed by atoms with van der Waals surface area (Å²) in [4.78, 5) is 2.29. The predicted octanol–water partition coefficient (Wildman–Crippen LogP) is 1.74. The number of rotatable bonds is 6. The van der Waals surface area contributed by atoms with Gasteiger partial charge in [0.15, 0.2) is 0 Å². The summed E-state index contributed by atoms with van der Waals surface area (Å²) in [7, 11) is 2.10. The summed E-state index contributed by atoms with van der Waals surface area (Å²) < 4.78 is 0. The van der Waals surface area contributed by atoms with Crippen molar-refractivity contribution in [3.8, 4) is 6.07 Å². The van der Waals surface area contributed by atoms with Crippen LogP contribution in [0.5, 0.6) is 0 Å². The van der Waals surface area contributed by atoms with Crippen molar-refractivity contribution in [1.29, 1.82) is 5.26 Å². The Morgan fingerprint density at radius 1 is 1.43 bits per heavy atom. The van der Waals surface area contributed by atoms with Crippen molar-refractivity contribution in [1.82, 2.24) is 4.90 Å². The molecule has 3 heteroatoms. The van der Waals surface area contributed by atoms with E-state index < -0.39 is 5.54 Å². The third-order valence-electron chi connectivity index (χ3n) is 2.81. The zero-order valence-corrected chi connectivity index (χ0v) is 9.88. The summed E-state index contributed by atoms with van der Waals surface area (Å²) in [5.74, 6) is 0. The van der Waals surface area contributed by atoms with Crippen molar-refractivity contribution in [2.75, 3.05) is 13.6 Å². The lowest BCUT2D eigenvalue weighted by molar-refractivity contribution is 0.217. The molecule has 0 aliphatic heterocycles. The van der Waals surface area contributed by atoms with Gasteiger partial charge in [-0.1, -0.05) is 13.8 Å². The molecule has 0 saturated carbocycles. The van der Waals surface area contributed by atoms with Crippen LogP contribution in [-0.4, -0.2) is 30.1 Å². The van der Waals surface area contributed by atoms with E-state index in [9.17, 15) is 0 Å². The van der Waals surface area contributed by atoms with E-state index in [1.807, 2.05) is 0 Å². The fourth-order valence-electron chi connectivity index (χ4n) is 1.56. The molecule has 0 bridgehead atoms. The molecule has 1 atom stereocenters. The van der Waals surface area contributed by atoms with Gasteiger partial charge >= 0.3 is 0 Å². The minimum Gasteiger partial charge on any atom is -0.314 e. The van der Waals surface area contributed by atoms with E-state index in [0.717, 1.165) is 25.8 Å². The molecule has 2 N–H and O–H groups in total. The molecule has 1 unspecified atom stereocenters. The maximum absolute atomic E-state index is 8.77. The van der Waals surface area contributed by atoms with Gasteiger partial charge < -0.3 is 10.6 Å². The van der Waals surface area contributed by atoms with E-state index in [1.165, 1.54) is 0 Å². The number of hydrogen-bond acceptors (Lipinski definition) is 3. The van der Waals surface area contributed by atoms with Crippen LogP contribution in [0.3, 0.4) is 0 Å². The first kappa shape index (κ1) is 13.4. The molecule has 0 aliphatic rings. The first-order valence-corrected chi connectivity index (χ1v) is 5.37. The molecular formula is C11H23N3. The van der Waals surface area contributed by atoms with Crippen molar-refractivity contribution in [2.45, 2.75) is 51.6 Å². The van der Waals surface area contributed by atoms with Crippen LogP contribution < -0.4 is 5.73 Å². The Morgan fingerprint density at radius 2 is 1.93 bits per heavy atom. The summed E-state index contributed by atoms with van der Waals surface area (Å²) in [5, 5.41) is 8.77. The monoisotopic (exact) mass is 197 g/mol. The highest BCUT2D eigenvalue weighted by Crippen LogP contribution is 2.10. The Balaban J connectivity index is 3.96. The molecule has 14 heavy (non-hydrogen) atoms. The third-order valence-corrected chi connectivity index (χ3v) is 2.81. The summed E-state index contributed by atoms with van der Waals surface area (Å²) in [5.41, 5.74) is 5.08. The van der Waals surface area contributed by atoms with Gasteiger partial charge in [0.1, 0.15) is 5.54 Å². The largest absolute Gasteiger partial charge is 0.314 e. The van der Waals surface area contributed by atoms with Gasteiger partial charge in [0, 0.05) is 12.6 Å². The average molecular weight is 197 g/mol. The minimum atomic E-state index is -0.680. The SMILES string of the molecule is CCC(CC)N(C)CCC(C)(N)C#N. The van der Waals surface area contributed by atoms with E-state index >= 15 is 0 Å². The lowest BCUT2D eigenvalue weighted by Gasteiger charge is -2.28. The van der Waals surface area contributed by atoms with Crippen LogP contribution in [0.1, 0.15) is 40.0 Å². The van der Waals surface area contributed by atoms with E-state index in [-0.39, 0.29) is 0 Å². The Morgan fingerprint density at radius 3 is 2.29 bits per heavy atom. The molecule has 0 fully saturated rings. The Hall–Kier alpha value is -0.590. The molecule has 0 aromatic heterocycles. The summed E-state index contributed by atoms with van der Waals surface area (Å²) in [6.45, 7) is 7.06. The van der Waals surface area contributed by atoms with Gasteiger partial charge in [-0.25, -0.2) is 0 Å². The van der Waals surface area contributed by atoms with E-state index in [1.54, 1.807) is 6.92 Å². The average Bonchev–Trinajstić information content (AvgIpc) is 2.17. The summed E-state index contributed by atoms with van der Waals surface area (Å²) in [6, 6.07) is 2.74. The second kappa shape index (κ2) is 6.00. The molecule has 0 radical (unpaired) electrons. The molecular weight excluding hydrogens is 174 g/mol. The lowest BCUT2D eigenvalue weighted by Crippen LogP contribution is -2.40. The van der Waals surface area contributed by atoms with Gasteiger partial charge in [-0.2, -0.15) is 5.26 Å². The van der Waals surface area contributed by atoms with Crippen molar-refractivity contribution < 1.29 is 0 Å². The second-order valence-electron chi connectivity index (χ2n) is 4.23. The van der Waals surface area contributed by atoms with Crippen LogP contribution in [-0.2, 0) is 0 Å². The van der Waals surface area contributed by atoms with Gasteiger partial charge in [0.05, 0.1) is 6.07 Å². The maximum Gasteiger partial charge on any atom is 0.102 e. The van der Waals surface area contributed by atoms with Crippen LogP contribution in [0.25, 0.3) is 0 Å². The van der Waals surface area contributed by atoms with Crippen molar-refractivity contribution in [3.05, 3.63) is 0 Å². The highest BCUT2D eigenvalue weighted by Gasteiger charge is 2.19. The number of nitriles is 1. The molecule has 0 rings (SSSR count). The molecule has 0 spiro atoms. The Bertz CT molecular complexity index is 189. The van der Waals surface area contributed by atoms with Gasteiger partial charge in [-0.15, -0.1) is 0 Å². The summed E-state index contributed by atoms with van der Waals surface area (Å²) in [6.07, 6.45) is 3.04. The number of nitrogens with two attached hydrogens (primary N) is 1. The van der Waals surface area contributed by atoms with E-state index in [2.05, 4.69) is 31.9 Å². The zero-order chi connectivity index (χ0) is 11.2. The molecule has 3 nitrogen and oxygen atoms in total. The van der Waals surface area contributed by atoms with Gasteiger partial charge in [-0.05, 0) is 33.2 Å². The fourth-order valence-corrected chi connectivity index (χ4v) is 1.56. The highest BCUT2D eigenvalue weighted by molar-refractivity contribution is 5.01. The van der Waals surface area contributed by atoms with Crippen LogP contribution in [0.15, 0.2) is 0 Å². The van der Waals surface area contributed by atoms with Gasteiger partial charge in [0.2, 0.25) is 0 Å². The highest BCUT2D eigenvalue weighted by atomic mass is 15.1.